The third-order valence-electron chi connectivity index (χ3n) is 5.95. The predicted molar refractivity (Wildman–Crippen MR) is 129 cm³/mol. The summed E-state index contributed by atoms with van der Waals surface area (Å²) in [4.78, 5) is 29.4. The molecule has 1 heterocycles. The number of anilines is 2. The van der Waals surface area contributed by atoms with E-state index in [9.17, 15) is 9.59 Å². The molecule has 4 rings (SSSR count). The quantitative estimate of drug-likeness (QED) is 0.655. The maximum atomic E-state index is 12.7. The first-order valence-corrected chi connectivity index (χ1v) is 11.0. The molecule has 2 amide bonds. The molecule has 5 nitrogen and oxygen atoms in total. The molecular weight excluding hydrogens is 398 g/mol. The number of nitrogens with zero attached hydrogens (tertiary/aromatic N) is 2. The lowest BCUT2D eigenvalue weighted by molar-refractivity contribution is -0.130. The lowest BCUT2D eigenvalue weighted by atomic mass is 10.1. The zero-order valence-electron chi connectivity index (χ0n) is 18.7. The molecule has 0 spiro atoms. The molecule has 0 radical (unpaired) electrons. The number of carbonyl (C=O) groups is 2. The molecule has 0 atom stereocenters. The molecule has 1 fully saturated rings. The third-order valence-corrected chi connectivity index (χ3v) is 5.95. The lowest BCUT2D eigenvalue weighted by Crippen LogP contribution is -2.49. The topological polar surface area (TPSA) is 52.7 Å². The molecule has 1 saturated heterocycles. The van der Waals surface area contributed by atoms with E-state index in [1.807, 2.05) is 85.5 Å². The minimum Gasteiger partial charge on any atom is -0.368 e. The highest BCUT2D eigenvalue weighted by molar-refractivity contribution is 6.05. The molecule has 3 aromatic carbocycles. The summed E-state index contributed by atoms with van der Waals surface area (Å²) in [5, 5.41) is 2.97. The van der Waals surface area contributed by atoms with E-state index in [-0.39, 0.29) is 11.8 Å². The summed E-state index contributed by atoms with van der Waals surface area (Å²) in [7, 11) is 0. The molecule has 32 heavy (non-hydrogen) atoms. The van der Waals surface area contributed by atoms with Crippen molar-refractivity contribution in [2.45, 2.75) is 20.3 Å². The maximum Gasteiger partial charge on any atom is 0.255 e. The van der Waals surface area contributed by atoms with E-state index in [2.05, 4.69) is 16.3 Å². The molecule has 0 aromatic heterocycles. The van der Waals surface area contributed by atoms with Crippen molar-refractivity contribution in [3.63, 3.8) is 0 Å². The molecule has 1 aliphatic heterocycles. The van der Waals surface area contributed by atoms with E-state index >= 15 is 0 Å². The Morgan fingerprint density at radius 1 is 0.844 bits per heavy atom. The Hall–Kier alpha value is -3.60. The average Bonchev–Trinajstić information content (AvgIpc) is 2.80. The second-order valence-corrected chi connectivity index (χ2v) is 8.35. The molecule has 164 valence electrons. The van der Waals surface area contributed by atoms with Gasteiger partial charge in [0.05, 0.1) is 6.42 Å². The van der Waals surface area contributed by atoms with Gasteiger partial charge >= 0.3 is 0 Å². The Kier molecular flexibility index (Phi) is 6.55. The Labute approximate surface area is 189 Å². The van der Waals surface area contributed by atoms with E-state index in [1.165, 1.54) is 5.56 Å². The van der Waals surface area contributed by atoms with Gasteiger partial charge < -0.3 is 15.1 Å². The van der Waals surface area contributed by atoms with Gasteiger partial charge in [0, 0.05) is 43.1 Å². The van der Waals surface area contributed by atoms with Gasteiger partial charge in [-0.15, -0.1) is 0 Å². The van der Waals surface area contributed by atoms with E-state index in [4.69, 9.17) is 0 Å². The molecule has 5 heteroatoms. The first kappa shape index (κ1) is 21.6. The minimum atomic E-state index is -0.100. The fraction of sp³-hybridized carbons (Fsp3) is 0.259. The van der Waals surface area contributed by atoms with E-state index in [0.717, 1.165) is 48.7 Å². The Balaban J connectivity index is 1.30. The van der Waals surface area contributed by atoms with Crippen LogP contribution in [0.5, 0.6) is 0 Å². The monoisotopic (exact) mass is 427 g/mol. The molecule has 1 N–H and O–H groups in total. The van der Waals surface area contributed by atoms with Crippen LogP contribution >= 0.6 is 0 Å². The normalized spacial score (nSPS) is 13.7. The largest absolute Gasteiger partial charge is 0.368 e. The van der Waals surface area contributed by atoms with Crippen LogP contribution in [0.15, 0.2) is 72.8 Å². The summed E-state index contributed by atoms with van der Waals surface area (Å²) in [6.07, 6.45) is 0.455. The SMILES string of the molecule is Cc1cccc(CC(=O)N2CCN(c3ccc(NC(=O)c4ccccc4C)cc3)CC2)c1. The molecule has 3 aromatic rings. The van der Waals surface area contributed by atoms with Crippen LogP contribution in [0.3, 0.4) is 0 Å². The van der Waals surface area contributed by atoms with Crippen LogP contribution < -0.4 is 10.2 Å². The van der Waals surface area contributed by atoms with Crippen LogP contribution in [0.1, 0.15) is 27.0 Å². The molecule has 0 saturated carbocycles. The van der Waals surface area contributed by atoms with Crippen LogP contribution in [0.4, 0.5) is 11.4 Å². The second kappa shape index (κ2) is 9.69. The maximum absolute atomic E-state index is 12.7. The summed E-state index contributed by atoms with van der Waals surface area (Å²) >= 11 is 0. The van der Waals surface area contributed by atoms with Gasteiger partial charge in [-0.2, -0.15) is 0 Å². The van der Waals surface area contributed by atoms with Crippen molar-refractivity contribution in [1.82, 2.24) is 4.90 Å². The van der Waals surface area contributed by atoms with Crippen LogP contribution in [0, 0.1) is 13.8 Å². The fourth-order valence-corrected chi connectivity index (χ4v) is 4.10. The number of amides is 2. The van der Waals surface area contributed by atoms with Crippen molar-refractivity contribution in [2.75, 3.05) is 36.4 Å². The Morgan fingerprint density at radius 2 is 1.56 bits per heavy atom. The van der Waals surface area contributed by atoms with Crippen LogP contribution in [0.2, 0.25) is 0 Å². The summed E-state index contributed by atoms with van der Waals surface area (Å²) in [5.41, 5.74) is 5.76. The average molecular weight is 428 g/mol. The number of hydrogen-bond acceptors (Lipinski definition) is 3. The number of aryl methyl sites for hydroxylation is 2. The first-order chi connectivity index (χ1) is 15.5. The summed E-state index contributed by atoms with van der Waals surface area (Å²) in [5.74, 6) is 0.0844. The number of benzene rings is 3. The van der Waals surface area contributed by atoms with Crippen molar-refractivity contribution >= 4 is 23.2 Å². The highest BCUT2D eigenvalue weighted by Gasteiger charge is 2.21. The smallest absolute Gasteiger partial charge is 0.255 e. The van der Waals surface area contributed by atoms with Crippen molar-refractivity contribution in [2.24, 2.45) is 0 Å². The Morgan fingerprint density at radius 3 is 2.25 bits per heavy atom. The third kappa shape index (κ3) is 5.17. The van der Waals surface area contributed by atoms with Gasteiger partial charge in [0.2, 0.25) is 5.91 Å². The molecule has 0 aliphatic carbocycles. The van der Waals surface area contributed by atoms with Crippen LogP contribution in [-0.2, 0) is 11.2 Å². The van der Waals surface area contributed by atoms with Gasteiger partial charge in [0.1, 0.15) is 0 Å². The standard InChI is InChI=1S/C27H29N3O2/c1-20-6-5-8-22(18-20)19-26(31)30-16-14-29(15-17-30)24-12-10-23(11-13-24)28-27(32)25-9-4-3-7-21(25)2/h3-13,18H,14-17,19H2,1-2H3,(H,28,32). The zero-order chi connectivity index (χ0) is 22.5. The van der Waals surface area contributed by atoms with Gasteiger partial charge in [0.25, 0.3) is 5.91 Å². The van der Waals surface area contributed by atoms with Crippen LogP contribution in [0.25, 0.3) is 0 Å². The molecule has 1 aliphatic rings. The zero-order valence-corrected chi connectivity index (χ0v) is 18.7. The summed E-state index contributed by atoms with van der Waals surface area (Å²) in [6, 6.07) is 23.6. The van der Waals surface area contributed by atoms with Crippen molar-refractivity contribution in [3.05, 3.63) is 95.1 Å². The van der Waals surface area contributed by atoms with E-state index < -0.39 is 0 Å². The van der Waals surface area contributed by atoms with Gasteiger partial charge in [-0.25, -0.2) is 0 Å². The van der Waals surface area contributed by atoms with Crippen molar-refractivity contribution in [3.8, 4) is 0 Å². The highest BCUT2D eigenvalue weighted by Crippen LogP contribution is 2.21. The fourth-order valence-electron chi connectivity index (χ4n) is 4.10. The predicted octanol–water partition coefficient (Wildman–Crippen LogP) is 4.45. The highest BCUT2D eigenvalue weighted by atomic mass is 16.2. The van der Waals surface area contributed by atoms with E-state index in [1.54, 1.807) is 0 Å². The van der Waals surface area contributed by atoms with E-state index in [0.29, 0.717) is 12.0 Å². The summed E-state index contributed by atoms with van der Waals surface area (Å²) < 4.78 is 0. The lowest BCUT2D eigenvalue weighted by Gasteiger charge is -2.36. The Bertz CT molecular complexity index is 1100. The van der Waals surface area contributed by atoms with Gasteiger partial charge in [0.15, 0.2) is 0 Å². The van der Waals surface area contributed by atoms with Crippen molar-refractivity contribution in [1.29, 1.82) is 0 Å². The molecule has 0 unspecified atom stereocenters. The first-order valence-electron chi connectivity index (χ1n) is 11.0. The van der Waals surface area contributed by atoms with Crippen molar-refractivity contribution < 1.29 is 9.59 Å². The summed E-state index contributed by atoms with van der Waals surface area (Å²) in [6.45, 7) is 7.02. The number of piperazine rings is 1. The second-order valence-electron chi connectivity index (χ2n) is 8.35. The number of hydrogen-bond donors (Lipinski definition) is 1. The van der Waals surface area contributed by atoms with Gasteiger partial charge in [-0.1, -0.05) is 48.0 Å². The molecular formula is C27H29N3O2. The minimum absolute atomic E-state index is 0.100. The van der Waals surface area contributed by atoms with Crippen LogP contribution in [-0.4, -0.2) is 42.9 Å². The number of rotatable bonds is 5. The number of nitrogens with one attached hydrogen (secondary N) is 1. The number of carbonyl (C=O) groups excluding carboxylic acids is 2. The van der Waals surface area contributed by atoms with Gasteiger partial charge in [-0.3, -0.25) is 9.59 Å². The van der Waals surface area contributed by atoms with Gasteiger partial charge in [-0.05, 0) is 55.3 Å². The molecule has 0 bridgehead atoms.